The van der Waals surface area contributed by atoms with Crippen molar-refractivity contribution >= 4 is 65.6 Å². The molecule has 0 radical (unpaired) electrons. The molecular formula is C12H6Br2N2OS2. The van der Waals surface area contributed by atoms with Gasteiger partial charge in [-0.2, -0.15) is 0 Å². The molecule has 3 nitrogen and oxygen atoms in total. The molecular weight excluding hydrogens is 412 g/mol. The molecule has 0 saturated carbocycles. The Hall–Kier alpha value is -0.760. The molecule has 0 unspecified atom stereocenters. The zero-order chi connectivity index (χ0) is 13.6. The van der Waals surface area contributed by atoms with E-state index >= 15 is 0 Å². The molecule has 7 heteroatoms. The van der Waals surface area contributed by atoms with Crippen molar-refractivity contribution in [3.8, 4) is 5.69 Å². The fourth-order valence-corrected chi connectivity index (χ4v) is 4.17. The summed E-state index contributed by atoms with van der Waals surface area (Å²) < 4.78 is 3.63. The number of benzene rings is 1. The highest BCUT2D eigenvalue weighted by atomic mass is 79.9. The third-order valence-corrected chi connectivity index (χ3v) is 4.92. The quantitative estimate of drug-likeness (QED) is 0.586. The normalized spacial score (nSPS) is 11.1. The van der Waals surface area contributed by atoms with E-state index < -0.39 is 0 Å². The molecule has 2 aromatic heterocycles. The summed E-state index contributed by atoms with van der Waals surface area (Å²) in [7, 11) is 0. The van der Waals surface area contributed by atoms with Crippen LogP contribution < -0.4 is 5.56 Å². The van der Waals surface area contributed by atoms with Gasteiger partial charge in [-0.15, -0.1) is 11.3 Å². The van der Waals surface area contributed by atoms with Crippen LogP contribution in [0, 0.1) is 4.77 Å². The van der Waals surface area contributed by atoms with Gasteiger partial charge in [0.05, 0.1) is 11.1 Å². The summed E-state index contributed by atoms with van der Waals surface area (Å²) in [6.07, 6.45) is 0. The molecule has 0 aliphatic carbocycles. The van der Waals surface area contributed by atoms with Crippen molar-refractivity contribution < 1.29 is 0 Å². The van der Waals surface area contributed by atoms with Gasteiger partial charge in [-0.1, -0.05) is 15.9 Å². The van der Waals surface area contributed by atoms with Crippen molar-refractivity contribution in [2.75, 3.05) is 0 Å². The first kappa shape index (κ1) is 13.2. The van der Waals surface area contributed by atoms with E-state index in [4.69, 9.17) is 12.2 Å². The largest absolute Gasteiger partial charge is 0.323 e. The van der Waals surface area contributed by atoms with E-state index in [1.165, 1.54) is 15.9 Å². The Morgan fingerprint density at radius 2 is 2.05 bits per heavy atom. The van der Waals surface area contributed by atoms with Gasteiger partial charge in [0.15, 0.2) is 4.77 Å². The first-order chi connectivity index (χ1) is 9.08. The second kappa shape index (κ2) is 4.97. The van der Waals surface area contributed by atoms with Gasteiger partial charge in [0.2, 0.25) is 0 Å². The number of rotatable bonds is 1. The SMILES string of the molecule is O=c1c2ccsc2[nH]c(=S)n1-c1ccc(Br)cc1Br. The van der Waals surface area contributed by atoms with Gasteiger partial charge in [0, 0.05) is 8.95 Å². The highest BCUT2D eigenvalue weighted by Gasteiger charge is 2.11. The lowest BCUT2D eigenvalue weighted by Crippen LogP contribution is -2.20. The molecule has 1 aromatic carbocycles. The fourth-order valence-electron chi connectivity index (χ4n) is 1.82. The maximum Gasteiger partial charge on any atom is 0.267 e. The molecule has 0 atom stereocenters. The first-order valence-electron chi connectivity index (χ1n) is 5.26. The minimum atomic E-state index is -0.108. The molecule has 0 aliphatic heterocycles. The third-order valence-electron chi connectivity index (χ3n) is 2.67. The van der Waals surface area contributed by atoms with E-state index in [-0.39, 0.29) is 5.56 Å². The average Bonchev–Trinajstić information content (AvgIpc) is 2.80. The van der Waals surface area contributed by atoms with Crippen LogP contribution >= 0.6 is 55.4 Å². The molecule has 96 valence electrons. The third kappa shape index (κ3) is 2.24. The Bertz CT molecular complexity index is 895. The minimum Gasteiger partial charge on any atom is -0.323 e. The van der Waals surface area contributed by atoms with Crippen LogP contribution in [0.5, 0.6) is 0 Å². The molecule has 0 spiro atoms. The van der Waals surface area contributed by atoms with Crippen LogP contribution in [0.1, 0.15) is 0 Å². The summed E-state index contributed by atoms with van der Waals surface area (Å²) in [6.45, 7) is 0. The number of H-pyrrole nitrogens is 1. The van der Waals surface area contributed by atoms with Crippen molar-refractivity contribution in [1.82, 2.24) is 9.55 Å². The zero-order valence-electron chi connectivity index (χ0n) is 9.31. The second-order valence-corrected chi connectivity index (χ2v) is 6.90. The van der Waals surface area contributed by atoms with Gasteiger partial charge in [-0.05, 0) is 57.8 Å². The molecule has 3 aromatic rings. The Labute approximate surface area is 134 Å². The lowest BCUT2D eigenvalue weighted by Gasteiger charge is -2.09. The van der Waals surface area contributed by atoms with Gasteiger partial charge in [0.25, 0.3) is 5.56 Å². The predicted molar refractivity (Wildman–Crippen MR) is 88.0 cm³/mol. The minimum absolute atomic E-state index is 0.108. The Kier molecular flexibility index (Phi) is 3.46. The van der Waals surface area contributed by atoms with Gasteiger partial charge < -0.3 is 4.98 Å². The van der Waals surface area contributed by atoms with Crippen LogP contribution in [-0.2, 0) is 0 Å². The average molecular weight is 418 g/mol. The monoisotopic (exact) mass is 416 g/mol. The molecule has 0 amide bonds. The topological polar surface area (TPSA) is 37.8 Å². The number of fused-ring (bicyclic) bond motifs is 1. The summed E-state index contributed by atoms with van der Waals surface area (Å²) in [5.41, 5.74) is 0.616. The van der Waals surface area contributed by atoms with Crippen LogP contribution in [0.15, 0.2) is 43.4 Å². The molecule has 0 bridgehead atoms. The molecule has 3 rings (SSSR count). The van der Waals surface area contributed by atoms with E-state index in [9.17, 15) is 4.79 Å². The molecule has 0 saturated heterocycles. The number of halogens is 2. The van der Waals surface area contributed by atoms with E-state index in [1.807, 2.05) is 23.6 Å². The number of thiophene rings is 1. The highest BCUT2D eigenvalue weighted by molar-refractivity contribution is 9.11. The lowest BCUT2D eigenvalue weighted by molar-refractivity contribution is 0.938. The van der Waals surface area contributed by atoms with Crippen LogP contribution in [0.25, 0.3) is 15.9 Å². The van der Waals surface area contributed by atoms with Crippen LogP contribution in [0.2, 0.25) is 0 Å². The zero-order valence-corrected chi connectivity index (χ0v) is 14.1. The van der Waals surface area contributed by atoms with Gasteiger partial charge in [0.1, 0.15) is 4.83 Å². The van der Waals surface area contributed by atoms with Crippen molar-refractivity contribution in [1.29, 1.82) is 0 Å². The second-order valence-electron chi connectivity index (χ2n) is 3.83. The standard InChI is InChI=1S/C12H6Br2N2OS2/c13-6-1-2-9(8(14)5-6)16-11(17)7-3-4-19-10(7)15-12(16)18/h1-5H,(H,15,18). The summed E-state index contributed by atoms with van der Waals surface area (Å²) in [6, 6.07) is 7.40. The van der Waals surface area contributed by atoms with Gasteiger partial charge in [-0.3, -0.25) is 9.36 Å². The highest BCUT2D eigenvalue weighted by Crippen LogP contribution is 2.25. The predicted octanol–water partition coefficient (Wildman–Crippen LogP) is 4.63. The number of hydrogen-bond donors (Lipinski definition) is 1. The summed E-state index contributed by atoms with van der Waals surface area (Å²) in [5.74, 6) is 0. The smallest absolute Gasteiger partial charge is 0.267 e. The van der Waals surface area contributed by atoms with Gasteiger partial charge in [-0.25, -0.2) is 0 Å². The van der Waals surface area contributed by atoms with Crippen molar-refractivity contribution in [2.24, 2.45) is 0 Å². The van der Waals surface area contributed by atoms with Crippen LogP contribution in [0.3, 0.4) is 0 Å². The summed E-state index contributed by atoms with van der Waals surface area (Å²) in [4.78, 5) is 16.4. The fraction of sp³-hybridized carbons (Fsp3) is 0. The van der Waals surface area contributed by atoms with Crippen LogP contribution in [-0.4, -0.2) is 9.55 Å². The number of nitrogens with one attached hydrogen (secondary N) is 1. The first-order valence-corrected chi connectivity index (χ1v) is 8.13. The number of hydrogen-bond acceptors (Lipinski definition) is 3. The maximum absolute atomic E-state index is 12.5. The Morgan fingerprint density at radius 3 is 2.79 bits per heavy atom. The Balaban J connectivity index is 2.42. The van der Waals surface area contributed by atoms with E-state index in [0.29, 0.717) is 10.2 Å². The maximum atomic E-state index is 12.5. The summed E-state index contributed by atoms with van der Waals surface area (Å²) in [5, 5.41) is 2.52. The van der Waals surface area contributed by atoms with E-state index in [0.717, 1.165) is 19.5 Å². The summed E-state index contributed by atoms with van der Waals surface area (Å²) >= 11 is 13.6. The molecule has 19 heavy (non-hydrogen) atoms. The molecule has 0 aliphatic rings. The van der Waals surface area contributed by atoms with Crippen LogP contribution in [0.4, 0.5) is 0 Å². The molecule has 2 heterocycles. The Morgan fingerprint density at radius 1 is 1.26 bits per heavy atom. The van der Waals surface area contributed by atoms with E-state index in [1.54, 1.807) is 6.07 Å². The van der Waals surface area contributed by atoms with Crippen molar-refractivity contribution in [3.63, 3.8) is 0 Å². The lowest BCUT2D eigenvalue weighted by atomic mass is 10.3. The number of aromatic amines is 1. The molecule has 0 fully saturated rings. The van der Waals surface area contributed by atoms with Crippen molar-refractivity contribution in [3.05, 3.63) is 53.7 Å². The molecule has 1 N–H and O–H groups in total. The van der Waals surface area contributed by atoms with Crippen molar-refractivity contribution in [2.45, 2.75) is 0 Å². The van der Waals surface area contributed by atoms with Gasteiger partial charge >= 0.3 is 0 Å². The number of aromatic nitrogens is 2. The number of nitrogens with zero attached hydrogens (tertiary/aromatic N) is 1. The van der Waals surface area contributed by atoms with E-state index in [2.05, 4.69) is 36.8 Å².